The van der Waals surface area contributed by atoms with Crippen molar-refractivity contribution < 1.29 is 9.90 Å². The Morgan fingerprint density at radius 3 is 2.93 bits per heavy atom. The van der Waals surface area contributed by atoms with Crippen LogP contribution in [-0.4, -0.2) is 22.8 Å². The fraction of sp³-hybridized carbons (Fsp3) is 0.100. The average molecular weight is 190 g/mol. The summed E-state index contributed by atoms with van der Waals surface area (Å²) in [6.45, 7) is 0. The molecule has 4 nitrogen and oxygen atoms in total. The van der Waals surface area contributed by atoms with Gasteiger partial charge in [0.25, 0.3) is 0 Å². The predicted octanol–water partition coefficient (Wildman–Crippen LogP) is 1.53. The van der Waals surface area contributed by atoms with Crippen molar-refractivity contribution in [1.29, 1.82) is 0 Å². The highest BCUT2D eigenvalue weighted by molar-refractivity contribution is 5.92. The van der Waals surface area contributed by atoms with Gasteiger partial charge >= 0.3 is 6.03 Å². The standard InChI is InChI=1S/C10H10N2O2/c1-11-10(14)12-5-4-7-6-8(13)2-3-9(7)12/h2-6,13H,1H3,(H,11,14). The van der Waals surface area contributed by atoms with Crippen molar-refractivity contribution in [3.8, 4) is 5.75 Å². The Morgan fingerprint density at radius 1 is 1.43 bits per heavy atom. The topological polar surface area (TPSA) is 54.3 Å². The lowest BCUT2D eigenvalue weighted by atomic mass is 10.2. The zero-order valence-corrected chi connectivity index (χ0v) is 7.69. The third-order valence-corrected chi connectivity index (χ3v) is 2.11. The Kier molecular flexibility index (Phi) is 1.89. The third-order valence-electron chi connectivity index (χ3n) is 2.11. The van der Waals surface area contributed by atoms with Crippen LogP contribution in [0.1, 0.15) is 0 Å². The van der Waals surface area contributed by atoms with E-state index >= 15 is 0 Å². The number of hydrogen-bond donors (Lipinski definition) is 2. The number of carbonyl (C=O) groups excluding carboxylic acids is 1. The molecule has 14 heavy (non-hydrogen) atoms. The molecule has 0 bridgehead atoms. The lowest BCUT2D eigenvalue weighted by Gasteiger charge is -2.02. The molecule has 0 aliphatic rings. The summed E-state index contributed by atoms with van der Waals surface area (Å²) in [6.07, 6.45) is 1.67. The normalized spacial score (nSPS) is 10.4. The number of carbonyl (C=O) groups is 1. The van der Waals surface area contributed by atoms with Crippen LogP contribution in [-0.2, 0) is 0 Å². The number of nitrogens with zero attached hydrogens (tertiary/aromatic N) is 1. The maximum Gasteiger partial charge on any atom is 0.325 e. The molecule has 0 fully saturated rings. The van der Waals surface area contributed by atoms with E-state index < -0.39 is 0 Å². The maximum atomic E-state index is 11.4. The van der Waals surface area contributed by atoms with Crippen molar-refractivity contribution in [2.45, 2.75) is 0 Å². The van der Waals surface area contributed by atoms with Crippen molar-refractivity contribution in [2.24, 2.45) is 0 Å². The van der Waals surface area contributed by atoms with Crippen molar-refractivity contribution in [3.63, 3.8) is 0 Å². The summed E-state index contributed by atoms with van der Waals surface area (Å²) >= 11 is 0. The first kappa shape index (κ1) is 8.62. The summed E-state index contributed by atoms with van der Waals surface area (Å²) in [5, 5.41) is 12.6. The van der Waals surface area contributed by atoms with E-state index in [9.17, 15) is 9.90 Å². The molecule has 0 aliphatic heterocycles. The second kappa shape index (κ2) is 3.06. The smallest absolute Gasteiger partial charge is 0.325 e. The lowest BCUT2D eigenvalue weighted by Crippen LogP contribution is -2.23. The third kappa shape index (κ3) is 1.21. The zero-order chi connectivity index (χ0) is 10.1. The van der Waals surface area contributed by atoms with Crippen LogP contribution in [0.4, 0.5) is 4.79 Å². The Hall–Kier alpha value is -1.97. The lowest BCUT2D eigenvalue weighted by molar-refractivity contribution is 0.245. The number of phenols is 1. The molecule has 2 N–H and O–H groups in total. The second-order valence-electron chi connectivity index (χ2n) is 2.98. The van der Waals surface area contributed by atoms with Crippen molar-refractivity contribution >= 4 is 16.9 Å². The zero-order valence-electron chi connectivity index (χ0n) is 7.69. The van der Waals surface area contributed by atoms with Gasteiger partial charge in [0, 0.05) is 18.6 Å². The molecule has 1 aromatic heterocycles. The second-order valence-corrected chi connectivity index (χ2v) is 2.98. The molecule has 2 rings (SSSR count). The molecular weight excluding hydrogens is 180 g/mol. The van der Waals surface area contributed by atoms with Crippen LogP contribution < -0.4 is 5.32 Å². The molecule has 2 aromatic rings. The van der Waals surface area contributed by atoms with Crippen LogP contribution in [0.15, 0.2) is 30.5 Å². The Balaban J connectivity index is 2.64. The summed E-state index contributed by atoms with van der Waals surface area (Å²) in [5.74, 6) is 0.201. The van der Waals surface area contributed by atoms with Gasteiger partial charge in [-0.05, 0) is 24.3 Å². The number of aromatic hydroxyl groups is 1. The van der Waals surface area contributed by atoms with E-state index in [2.05, 4.69) is 5.32 Å². The van der Waals surface area contributed by atoms with E-state index in [1.54, 1.807) is 37.5 Å². The van der Waals surface area contributed by atoms with Crippen LogP contribution in [0.2, 0.25) is 0 Å². The van der Waals surface area contributed by atoms with E-state index in [1.807, 2.05) is 0 Å². The van der Waals surface area contributed by atoms with Crippen LogP contribution in [0.25, 0.3) is 10.9 Å². The number of amides is 1. The number of hydrogen-bond acceptors (Lipinski definition) is 2. The van der Waals surface area contributed by atoms with E-state index in [0.29, 0.717) is 0 Å². The number of phenolic OH excluding ortho intramolecular Hbond substituents is 1. The first-order valence-electron chi connectivity index (χ1n) is 4.24. The highest BCUT2D eigenvalue weighted by atomic mass is 16.3. The van der Waals surface area contributed by atoms with Gasteiger partial charge in [-0.2, -0.15) is 0 Å². The number of rotatable bonds is 0. The van der Waals surface area contributed by atoms with E-state index in [-0.39, 0.29) is 11.8 Å². The molecule has 0 saturated heterocycles. The highest BCUT2D eigenvalue weighted by Gasteiger charge is 2.06. The Labute approximate surface area is 80.8 Å². The first-order chi connectivity index (χ1) is 6.72. The van der Waals surface area contributed by atoms with Gasteiger partial charge in [-0.3, -0.25) is 4.57 Å². The van der Waals surface area contributed by atoms with Gasteiger partial charge in [-0.25, -0.2) is 4.79 Å². The van der Waals surface area contributed by atoms with Crippen LogP contribution in [0.3, 0.4) is 0 Å². The molecule has 0 saturated carbocycles. The fourth-order valence-electron chi connectivity index (χ4n) is 1.43. The van der Waals surface area contributed by atoms with Gasteiger partial charge in [0.15, 0.2) is 0 Å². The molecule has 0 aliphatic carbocycles. The molecular formula is C10H10N2O2. The summed E-state index contributed by atoms with van der Waals surface area (Å²) < 4.78 is 1.49. The fourth-order valence-corrected chi connectivity index (χ4v) is 1.43. The molecule has 4 heteroatoms. The van der Waals surface area contributed by atoms with Crippen molar-refractivity contribution in [3.05, 3.63) is 30.5 Å². The minimum atomic E-state index is -0.189. The number of fused-ring (bicyclic) bond motifs is 1. The van der Waals surface area contributed by atoms with Crippen LogP contribution in [0.5, 0.6) is 5.75 Å². The number of nitrogens with one attached hydrogen (secondary N) is 1. The predicted molar refractivity (Wildman–Crippen MR) is 53.5 cm³/mol. The Bertz CT molecular complexity index is 488. The van der Waals surface area contributed by atoms with Gasteiger partial charge in [-0.15, -0.1) is 0 Å². The summed E-state index contributed by atoms with van der Waals surface area (Å²) in [6, 6.07) is 6.48. The summed E-state index contributed by atoms with van der Waals surface area (Å²) in [4.78, 5) is 11.4. The molecule has 72 valence electrons. The number of benzene rings is 1. The molecule has 1 heterocycles. The SMILES string of the molecule is CNC(=O)n1ccc2cc(O)ccc21. The minimum absolute atomic E-state index is 0.189. The molecule has 0 unspecified atom stereocenters. The van der Waals surface area contributed by atoms with Gasteiger partial charge in [0.2, 0.25) is 0 Å². The molecule has 0 spiro atoms. The quantitative estimate of drug-likeness (QED) is 0.662. The van der Waals surface area contributed by atoms with Crippen molar-refractivity contribution in [1.82, 2.24) is 9.88 Å². The summed E-state index contributed by atoms with van der Waals surface area (Å²) in [5.41, 5.74) is 0.780. The van der Waals surface area contributed by atoms with Crippen LogP contribution >= 0.6 is 0 Å². The monoisotopic (exact) mass is 190 g/mol. The average Bonchev–Trinajstić information content (AvgIpc) is 2.59. The molecule has 1 amide bonds. The summed E-state index contributed by atoms with van der Waals surface area (Å²) in [7, 11) is 1.58. The van der Waals surface area contributed by atoms with E-state index in [0.717, 1.165) is 10.9 Å². The maximum absolute atomic E-state index is 11.4. The molecule has 0 atom stereocenters. The van der Waals surface area contributed by atoms with Gasteiger partial charge in [0.1, 0.15) is 5.75 Å². The van der Waals surface area contributed by atoms with Crippen molar-refractivity contribution in [2.75, 3.05) is 7.05 Å². The minimum Gasteiger partial charge on any atom is -0.508 e. The van der Waals surface area contributed by atoms with Gasteiger partial charge in [-0.1, -0.05) is 0 Å². The van der Waals surface area contributed by atoms with Gasteiger partial charge in [0.05, 0.1) is 5.52 Å². The molecule has 1 aromatic carbocycles. The molecule has 0 radical (unpaired) electrons. The van der Waals surface area contributed by atoms with E-state index in [4.69, 9.17) is 0 Å². The Morgan fingerprint density at radius 2 is 2.21 bits per heavy atom. The van der Waals surface area contributed by atoms with Crippen LogP contribution in [0, 0.1) is 0 Å². The largest absolute Gasteiger partial charge is 0.508 e. The first-order valence-corrected chi connectivity index (χ1v) is 4.24. The van der Waals surface area contributed by atoms with Gasteiger partial charge < -0.3 is 10.4 Å². The van der Waals surface area contributed by atoms with E-state index in [1.165, 1.54) is 4.57 Å². The number of aromatic nitrogens is 1. The highest BCUT2D eigenvalue weighted by Crippen LogP contribution is 2.20.